The predicted molar refractivity (Wildman–Crippen MR) is 108 cm³/mol. The van der Waals surface area contributed by atoms with Gasteiger partial charge in [-0.25, -0.2) is 4.39 Å². The van der Waals surface area contributed by atoms with Crippen molar-refractivity contribution in [2.75, 3.05) is 25.2 Å². The van der Waals surface area contributed by atoms with E-state index in [1.54, 1.807) is 13.2 Å². The molecule has 154 valence electrons. The number of halogens is 2. The number of carbonyl (C=O) groups is 2. The quantitative estimate of drug-likeness (QED) is 0.743. The molecule has 0 spiro atoms. The second-order valence-corrected chi connectivity index (χ2v) is 7.05. The molecule has 1 heterocycles. The number of benzene rings is 2. The van der Waals surface area contributed by atoms with Gasteiger partial charge in [-0.3, -0.25) is 9.59 Å². The smallest absolute Gasteiger partial charge is 0.227 e. The van der Waals surface area contributed by atoms with Gasteiger partial charge in [-0.2, -0.15) is 0 Å². The number of hydrogen-bond donors (Lipinski definition) is 1. The van der Waals surface area contributed by atoms with E-state index in [0.29, 0.717) is 30.3 Å². The third-order valence-corrected chi connectivity index (χ3v) is 4.99. The van der Waals surface area contributed by atoms with Gasteiger partial charge in [0.1, 0.15) is 5.82 Å². The standard InChI is InChI=1S/C21H22ClFN2O4/c1-3-29-19-8-13(4-7-18(19)28-2)11-24-21(27)14-9-20(26)25(12-14)15-5-6-17(23)16(22)10-15/h4-8,10,14H,3,9,11-12H2,1-2H3,(H,24,27). The van der Waals surface area contributed by atoms with Crippen molar-refractivity contribution in [1.29, 1.82) is 0 Å². The van der Waals surface area contributed by atoms with Gasteiger partial charge in [0.05, 0.1) is 24.7 Å². The fourth-order valence-corrected chi connectivity index (χ4v) is 3.39. The van der Waals surface area contributed by atoms with E-state index in [2.05, 4.69) is 5.32 Å². The van der Waals surface area contributed by atoms with E-state index in [0.717, 1.165) is 5.56 Å². The van der Waals surface area contributed by atoms with E-state index in [9.17, 15) is 14.0 Å². The van der Waals surface area contributed by atoms with E-state index < -0.39 is 11.7 Å². The molecule has 0 bridgehead atoms. The van der Waals surface area contributed by atoms with E-state index >= 15 is 0 Å². The summed E-state index contributed by atoms with van der Waals surface area (Å²) in [5.74, 6) is -0.231. The van der Waals surface area contributed by atoms with Crippen molar-refractivity contribution in [3.63, 3.8) is 0 Å². The minimum atomic E-state index is -0.553. The molecule has 1 atom stereocenters. The number of nitrogens with one attached hydrogen (secondary N) is 1. The second-order valence-electron chi connectivity index (χ2n) is 6.64. The van der Waals surface area contributed by atoms with Crippen LogP contribution in [0.5, 0.6) is 11.5 Å². The highest BCUT2D eigenvalue weighted by atomic mass is 35.5. The second kappa shape index (κ2) is 9.13. The molecular weight excluding hydrogens is 399 g/mol. The predicted octanol–water partition coefficient (Wildman–Crippen LogP) is 3.56. The first-order chi connectivity index (χ1) is 13.9. The van der Waals surface area contributed by atoms with Gasteiger partial charge >= 0.3 is 0 Å². The first-order valence-corrected chi connectivity index (χ1v) is 9.63. The van der Waals surface area contributed by atoms with Crippen molar-refractivity contribution in [2.24, 2.45) is 5.92 Å². The van der Waals surface area contributed by atoms with Crippen molar-refractivity contribution in [1.82, 2.24) is 5.32 Å². The maximum atomic E-state index is 13.4. The molecule has 0 aromatic heterocycles. The maximum Gasteiger partial charge on any atom is 0.227 e. The Bertz CT molecular complexity index is 922. The Balaban J connectivity index is 1.62. The van der Waals surface area contributed by atoms with Crippen LogP contribution >= 0.6 is 11.6 Å². The number of amides is 2. The van der Waals surface area contributed by atoms with Crippen molar-refractivity contribution >= 4 is 29.1 Å². The van der Waals surface area contributed by atoms with Crippen LogP contribution in [0, 0.1) is 11.7 Å². The Labute approximate surface area is 173 Å². The van der Waals surface area contributed by atoms with Gasteiger partial charge in [0.2, 0.25) is 11.8 Å². The van der Waals surface area contributed by atoms with Crippen LogP contribution in [0.2, 0.25) is 5.02 Å². The summed E-state index contributed by atoms with van der Waals surface area (Å²) in [4.78, 5) is 26.3. The lowest BCUT2D eigenvalue weighted by Crippen LogP contribution is -2.32. The molecule has 6 nitrogen and oxygen atoms in total. The topological polar surface area (TPSA) is 67.9 Å². The molecule has 0 saturated carbocycles. The molecule has 3 rings (SSSR count). The summed E-state index contributed by atoms with van der Waals surface area (Å²) in [6.07, 6.45) is 0.0909. The molecule has 0 aliphatic carbocycles. The monoisotopic (exact) mass is 420 g/mol. The van der Waals surface area contributed by atoms with Gasteiger partial charge in [-0.15, -0.1) is 0 Å². The molecule has 1 fully saturated rings. The minimum absolute atomic E-state index is 0.0622. The normalized spacial score (nSPS) is 16.1. The summed E-state index contributed by atoms with van der Waals surface area (Å²) in [5, 5.41) is 2.80. The SMILES string of the molecule is CCOc1cc(CNC(=O)C2CC(=O)N(c3ccc(F)c(Cl)c3)C2)ccc1OC. The molecule has 1 aliphatic rings. The molecule has 1 saturated heterocycles. The third-order valence-electron chi connectivity index (χ3n) is 4.71. The first kappa shape index (κ1) is 20.9. The lowest BCUT2D eigenvalue weighted by atomic mass is 10.1. The molecule has 1 N–H and O–H groups in total. The third kappa shape index (κ3) is 4.79. The van der Waals surface area contributed by atoms with Crippen LogP contribution in [-0.2, 0) is 16.1 Å². The Hall–Kier alpha value is -2.80. The fourth-order valence-electron chi connectivity index (χ4n) is 3.22. The average Bonchev–Trinajstić information content (AvgIpc) is 3.10. The summed E-state index contributed by atoms with van der Waals surface area (Å²) in [7, 11) is 1.57. The number of nitrogens with zero attached hydrogens (tertiary/aromatic N) is 1. The van der Waals surface area contributed by atoms with Gasteiger partial charge in [-0.1, -0.05) is 17.7 Å². The van der Waals surface area contributed by atoms with Gasteiger partial charge in [-0.05, 0) is 42.8 Å². The molecule has 1 aliphatic heterocycles. The molecule has 8 heteroatoms. The number of methoxy groups -OCH3 is 1. The largest absolute Gasteiger partial charge is 0.493 e. The zero-order valence-electron chi connectivity index (χ0n) is 16.2. The van der Waals surface area contributed by atoms with Crippen molar-refractivity contribution in [2.45, 2.75) is 19.9 Å². The van der Waals surface area contributed by atoms with Crippen LogP contribution in [0.1, 0.15) is 18.9 Å². The summed E-state index contributed by atoms with van der Waals surface area (Å²) in [6, 6.07) is 9.51. The summed E-state index contributed by atoms with van der Waals surface area (Å²) in [5.41, 5.74) is 1.34. The molecule has 2 aromatic rings. The fraction of sp³-hybridized carbons (Fsp3) is 0.333. The Morgan fingerprint density at radius 1 is 1.28 bits per heavy atom. The lowest BCUT2D eigenvalue weighted by Gasteiger charge is -2.17. The number of anilines is 1. The van der Waals surface area contributed by atoms with Crippen LogP contribution in [0.25, 0.3) is 0 Å². The van der Waals surface area contributed by atoms with Gasteiger partial charge in [0.25, 0.3) is 0 Å². The Morgan fingerprint density at radius 3 is 2.76 bits per heavy atom. The van der Waals surface area contributed by atoms with E-state index in [-0.39, 0.29) is 29.8 Å². The van der Waals surface area contributed by atoms with Crippen molar-refractivity contribution in [3.8, 4) is 11.5 Å². The highest BCUT2D eigenvalue weighted by Crippen LogP contribution is 2.30. The van der Waals surface area contributed by atoms with Crippen LogP contribution in [0.3, 0.4) is 0 Å². The van der Waals surface area contributed by atoms with Crippen molar-refractivity contribution in [3.05, 3.63) is 52.8 Å². The molecule has 0 radical (unpaired) electrons. The molecular formula is C21H22ClFN2O4. The molecule has 2 aromatic carbocycles. The number of hydrogen-bond acceptors (Lipinski definition) is 4. The number of ether oxygens (including phenoxy) is 2. The number of carbonyl (C=O) groups excluding carboxylic acids is 2. The van der Waals surface area contributed by atoms with Crippen LogP contribution in [-0.4, -0.2) is 32.1 Å². The maximum absolute atomic E-state index is 13.4. The van der Waals surface area contributed by atoms with E-state index in [1.165, 1.54) is 23.1 Å². The summed E-state index contributed by atoms with van der Waals surface area (Å²) >= 11 is 5.80. The first-order valence-electron chi connectivity index (χ1n) is 9.25. The summed E-state index contributed by atoms with van der Waals surface area (Å²) in [6.45, 7) is 2.90. The van der Waals surface area contributed by atoms with Crippen LogP contribution in [0.4, 0.5) is 10.1 Å². The minimum Gasteiger partial charge on any atom is -0.493 e. The van der Waals surface area contributed by atoms with Crippen molar-refractivity contribution < 1.29 is 23.5 Å². The molecule has 29 heavy (non-hydrogen) atoms. The Kier molecular flexibility index (Phi) is 6.59. The van der Waals surface area contributed by atoms with Gasteiger partial charge < -0.3 is 19.7 Å². The molecule has 1 unspecified atom stereocenters. The average molecular weight is 421 g/mol. The highest BCUT2D eigenvalue weighted by molar-refractivity contribution is 6.31. The van der Waals surface area contributed by atoms with Gasteiger partial charge in [0.15, 0.2) is 11.5 Å². The van der Waals surface area contributed by atoms with Gasteiger partial charge in [0, 0.05) is 25.2 Å². The molecule has 2 amide bonds. The zero-order chi connectivity index (χ0) is 21.0. The zero-order valence-corrected chi connectivity index (χ0v) is 17.0. The van der Waals surface area contributed by atoms with E-state index in [1.807, 2.05) is 19.1 Å². The lowest BCUT2D eigenvalue weighted by molar-refractivity contribution is -0.126. The number of rotatable bonds is 7. The Morgan fingerprint density at radius 2 is 2.07 bits per heavy atom. The van der Waals surface area contributed by atoms with Crippen LogP contribution in [0.15, 0.2) is 36.4 Å². The summed E-state index contributed by atoms with van der Waals surface area (Å²) < 4.78 is 24.2. The van der Waals surface area contributed by atoms with Crippen LogP contribution < -0.4 is 19.7 Å². The highest BCUT2D eigenvalue weighted by Gasteiger charge is 2.35. The van der Waals surface area contributed by atoms with E-state index in [4.69, 9.17) is 21.1 Å².